The highest BCUT2D eigenvalue weighted by molar-refractivity contribution is 7.47. The zero-order valence-electron chi connectivity index (χ0n) is 33.3. The quantitative estimate of drug-likeness (QED) is 0.0240. The number of aliphatic hydroxyl groups is 6. The Kier molecular flexibility index (Phi) is 29.9. The first kappa shape index (κ1) is 50.4. The monoisotopic (exact) mass is 782 g/mol. The first-order chi connectivity index (χ1) is 25.4. The van der Waals surface area contributed by atoms with Crippen molar-refractivity contribution in [2.24, 2.45) is 0 Å². The molecule has 0 radical (unpaired) electrons. The molecule has 3 unspecified atom stereocenters. The number of rotatable bonds is 35. The zero-order valence-corrected chi connectivity index (χ0v) is 34.2. The van der Waals surface area contributed by atoms with Gasteiger partial charge >= 0.3 is 7.82 Å². The minimum absolute atomic E-state index is 0.242. The van der Waals surface area contributed by atoms with Crippen molar-refractivity contribution in [3.8, 4) is 0 Å². The highest BCUT2D eigenvalue weighted by Gasteiger charge is 2.51. The van der Waals surface area contributed by atoms with E-state index in [0.717, 1.165) is 38.5 Å². The third-order valence-electron chi connectivity index (χ3n) is 10.7. The summed E-state index contributed by atoms with van der Waals surface area (Å²) >= 11 is 0. The number of unbranched alkanes of at least 4 members (excludes halogenated alkanes) is 24. The van der Waals surface area contributed by atoms with Crippen LogP contribution in [0.1, 0.15) is 194 Å². The molecule has 0 spiro atoms. The summed E-state index contributed by atoms with van der Waals surface area (Å²) in [5, 5.41) is 63.9. The Labute approximate surface area is 321 Å². The van der Waals surface area contributed by atoms with E-state index < -0.39 is 63.2 Å². The van der Waals surface area contributed by atoms with Crippen molar-refractivity contribution in [1.82, 2.24) is 5.32 Å². The fourth-order valence-corrected chi connectivity index (χ4v) is 8.05. The lowest BCUT2D eigenvalue weighted by atomic mass is 9.85. The molecule has 0 heterocycles. The topological polar surface area (TPSA) is 206 Å². The highest BCUT2D eigenvalue weighted by Crippen LogP contribution is 2.47. The SMILES string of the molecule is CCCCCCCCCCCCCCCC(=O)N[C@@H](COP(=O)(O)OC1[C@H](O)[C@H](O)C(O)[C@H](O)[C@H]1O)[C@H](O)CCCCCCCCCCCCCCC. The summed E-state index contributed by atoms with van der Waals surface area (Å²) in [5.41, 5.74) is 0. The molecule has 0 aromatic heterocycles. The van der Waals surface area contributed by atoms with Gasteiger partial charge in [-0.05, 0) is 12.8 Å². The van der Waals surface area contributed by atoms with E-state index in [9.17, 15) is 44.9 Å². The minimum atomic E-state index is -5.04. The second-order valence-corrected chi connectivity index (χ2v) is 17.0. The van der Waals surface area contributed by atoms with E-state index in [1.807, 2.05) is 0 Å². The first-order valence-electron chi connectivity index (χ1n) is 21.5. The van der Waals surface area contributed by atoms with Crippen molar-refractivity contribution in [2.45, 2.75) is 242 Å². The van der Waals surface area contributed by atoms with Crippen molar-refractivity contribution in [2.75, 3.05) is 6.61 Å². The van der Waals surface area contributed by atoms with Gasteiger partial charge in [0.15, 0.2) is 0 Å². The standard InChI is InChI=1S/C40H80NO11P/c1-3-5-7-9-11-13-15-17-19-21-23-25-27-29-33(42)32(31-51-53(49,50)52-40-38(47)36(45)35(44)37(46)39(40)48)41-34(43)30-28-26-24-22-20-18-16-14-12-10-8-6-4-2/h32-33,35-40,42,44-48H,3-31H2,1-2H3,(H,41,43)(H,49,50)/t32-,33+,35?,36-,37+,38+,39+,40?/m0/s1. The third-order valence-corrected chi connectivity index (χ3v) is 11.7. The van der Waals surface area contributed by atoms with Gasteiger partial charge in [-0.1, -0.05) is 174 Å². The van der Waals surface area contributed by atoms with E-state index in [2.05, 4.69) is 19.2 Å². The molecule has 8 N–H and O–H groups in total. The van der Waals surface area contributed by atoms with Crippen LogP contribution in [0.4, 0.5) is 0 Å². The summed E-state index contributed by atoms with van der Waals surface area (Å²) in [6.45, 7) is 3.87. The van der Waals surface area contributed by atoms with Gasteiger partial charge in [0.2, 0.25) is 5.91 Å². The molecule has 1 fully saturated rings. The number of amides is 1. The summed E-state index contributed by atoms with van der Waals surface area (Å²) in [7, 11) is -5.04. The Morgan fingerprint density at radius 3 is 1.30 bits per heavy atom. The van der Waals surface area contributed by atoms with Gasteiger partial charge < -0.3 is 40.8 Å². The molecule has 0 aliphatic heterocycles. The van der Waals surface area contributed by atoms with Crippen LogP contribution in [0.15, 0.2) is 0 Å². The van der Waals surface area contributed by atoms with Crippen molar-refractivity contribution < 1.29 is 53.9 Å². The Bertz CT molecular complexity index is 915. The number of phosphoric acid groups is 1. The van der Waals surface area contributed by atoms with Crippen LogP contribution in [0, 0.1) is 0 Å². The lowest BCUT2D eigenvalue weighted by molar-refractivity contribution is -0.220. The van der Waals surface area contributed by atoms with Crippen LogP contribution in [0.5, 0.6) is 0 Å². The highest BCUT2D eigenvalue weighted by atomic mass is 31.2. The van der Waals surface area contributed by atoms with E-state index in [4.69, 9.17) is 9.05 Å². The molecule has 1 saturated carbocycles. The summed E-state index contributed by atoms with van der Waals surface area (Å²) in [5.74, 6) is -0.307. The summed E-state index contributed by atoms with van der Waals surface area (Å²) in [6, 6.07) is -1.02. The molecule has 9 atom stereocenters. The van der Waals surface area contributed by atoms with Crippen LogP contribution in [0.2, 0.25) is 0 Å². The Hall–Kier alpha value is -0.660. The number of hydrogen-bond acceptors (Lipinski definition) is 10. The van der Waals surface area contributed by atoms with Crippen LogP contribution in [0.3, 0.4) is 0 Å². The number of carbonyl (C=O) groups is 1. The number of nitrogens with one attached hydrogen (secondary N) is 1. The summed E-state index contributed by atoms with van der Waals surface area (Å²) in [6.07, 6.45) is 18.5. The maximum Gasteiger partial charge on any atom is 0.472 e. The van der Waals surface area contributed by atoms with Crippen molar-refractivity contribution in [1.29, 1.82) is 0 Å². The van der Waals surface area contributed by atoms with Crippen LogP contribution in [-0.4, -0.2) is 96.8 Å². The molecule has 13 heteroatoms. The molecule has 1 aliphatic carbocycles. The zero-order chi connectivity index (χ0) is 39.3. The number of hydrogen-bond donors (Lipinski definition) is 8. The molecule has 0 saturated heterocycles. The van der Waals surface area contributed by atoms with Gasteiger partial charge in [-0.2, -0.15) is 0 Å². The molecule has 12 nitrogen and oxygen atoms in total. The van der Waals surface area contributed by atoms with Gasteiger partial charge in [0.25, 0.3) is 0 Å². The molecule has 1 aliphatic rings. The maximum absolute atomic E-state index is 12.9. The van der Waals surface area contributed by atoms with Crippen LogP contribution in [-0.2, 0) is 18.4 Å². The number of carbonyl (C=O) groups excluding carboxylic acids is 1. The molecule has 316 valence electrons. The van der Waals surface area contributed by atoms with Crippen molar-refractivity contribution in [3.05, 3.63) is 0 Å². The Morgan fingerprint density at radius 1 is 0.566 bits per heavy atom. The van der Waals surface area contributed by atoms with Crippen LogP contribution in [0.25, 0.3) is 0 Å². The Morgan fingerprint density at radius 2 is 0.906 bits per heavy atom. The van der Waals surface area contributed by atoms with E-state index in [0.29, 0.717) is 19.3 Å². The molecular formula is C40H80NO11P. The largest absolute Gasteiger partial charge is 0.472 e. The average molecular weight is 782 g/mol. The number of phosphoric ester groups is 1. The molecule has 1 amide bonds. The van der Waals surface area contributed by atoms with Gasteiger partial charge in [0.05, 0.1) is 18.8 Å². The van der Waals surface area contributed by atoms with E-state index in [1.54, 1.807) is 0 Å². The molecule has 53 heavy (non-hydrogen) atoms. The normalized spacial score (nSPS) is 24.2. The van der Waals surface area contributed by atoms with Gasteiger partial charge in [-0.3, -0.25) is 13.8 Å². The summed E-state index contributed by atoms with van der Waals surface area (Å²) < 4.78 is 22.9. The van der Waals surface area contributed by atoms with Gasteiger partial charge in [0.1, 0.15) is 36.6 Å². The lowest BCUT2D eigenvalue weighted by Gasteiger charge is -2.41. The van der Waals surface area contributed by atoms with Gasteiger partial charge in [-0.15, -0.1) is 0 Å². The predicted molar refractivity (Wildman–Crippen MR) is 209 cm³/mol. The second-order valence-electron chi connectivity index (χ2n) is 15.6. The fourth-order valence-electron chi connectivity index (χ4n) is 7.08. The average Bonchev–Trinajstić information content (AvgIpc) is 3.13. The fraction of sp³-hybridized carbons (Fsp3) is 0.975. The number of aliphatic hydroxyl groups excluding tert-OH is 6. The second kappa shape index (κ2) is 31.4. The van der Waals surface area contributed by atoms with Crippen molar-refractivity contribution in [3.63, 3.8) is 0 Å². The first-order valence-corrected chi connectivity index (χ1v) is 23.0. The lowest BCUT2D eigenvalue weighted by Crippen LogP contribution is -2.64. The van der Waals surface area contributed by atoms with E-state index in [-0.39, 0.29) is 12.3 Å². The van der Waals surface area contributed by atoms with Crippen LogP contribution >= 0.6 is 7.82 Å². The molecular weight excluding hydrogens is 701 g/mol. The van der Waals surface area contributed by atoms with Crippen molar-refractivity contribution >= 4 is 13.7 Å². The van der Waals surface area contributed by atoms with Gasteiger partial charge in [0, 0.05) is 6.42 Å². The smallest absolute Gasteiger partial charge is 0.391 e. The predicted octanol–water partition coefficient (Wildman–Crippen LogP) is 7.12. The molecule has 0 aromatic rings. The minimum Gasteiger partial charge on any atom is -0.391 e. The van der Waals surface area contributed by atoms with E-state index in [1.165, 1.54) is 116 Å². The summed E-state index contributed by atoms with van der Waals surface area (Å²) in [4.78, 5) is 23.3. The van der Waals surface area contributed by atoms with E-state index >= 15 is 0 Å². The molecule has 1 rings (SSSR count). The molecule has 0 bridgehead atoms. The Balaban J connectivity index is 2.51. The molecule has 0 aromatic carbocycles. The van der Waals surface area contributed by atoms with Crippen LogP contribution < -0.4 is 5.32 Å². The maximum atomic E-state index is 12.9. The van der Waals surface area contributed by atoms with Gasteiger partial charge in [-0.25, -0.2) is 4.57 Å². The third kappa shape index (κ3) is 23.9.